The van der Waals surface area contributed by atoms with Gasteiger partial charge in [0.05, 0.1) is 13.2 Å². The lowest BCUT2D eigenvalue weighted by Gasteiger charge is -2.03. The Morgan fingerprint density at radius 3 is 1.80 bits per heavy atom. The Labute approximate surface area is 176 Å². The van der Waals surface area contributed by atoms with Crippen LogP contribution in [0, 0.1) is 0 Å². The standard InChI is InChI=1S/2C13H11NO/c1-2-13-12(5-8-15-13)9-11(1)10-3-6-14-7-4-10;1-2-12(9-14-6-1)10-3-4-13-11(8-10)5-7-15-13/h1-4,6-7,9H,5,8H2;1-4,6,8-9H,5,7H2. The lowest BCUT2D eigenvalue weighted by Crippen LogP contribution is -1.85. The molecule has 0 fully saturated rings. The van der Waals surface area contributed by atoms with Gasteiger partial charge in [0.2, 0.25) is 0 Å². The molecule has 0 spiro atoms. The van der Waals surface area contributed by atoms with Gasteiger partial charge in [0.25, 0.3) is 0 Å². The van der Waals surface area contributed by atoms with E-state index < -0.39 is 0 Å². The monoisotopic (exact) mass is 394 g/mol. The van der Waals surface area contributed by atoms with Crippen molar-refractivity contribution in [1.29, 1.82) is 0 Å². The second-order valence-corrected chi connectivity index (χ2v) is 7.32. The predicted molar refractivity (Wildman–Crippen MR) is 118 cm³/mol. The molecule has 2 aliphatic rings. The highest BCUT2D eigenvalue weighted by Gasteiger charge is 2.13. The molecule has 0 atom stereocenters. The van der Waals surface area contributed by atoms with E-state index in [1.54, 1.807) is 6.20 Å². The summed E-state index contributed by atoms with van der Waals surface area (Å²) in [6, 6.07) is 20.8. The zero-order chi connectivity index (χ0) is 20.2. The fraction of sp³-hybridized carbons (Fsp3) is 0.154. The lowest BCUT2D eigenvalue weighted by atomic mass is 10.0. The first kappa shape index (κ1) is 18.4. The summed E-state index contributed by atoms with van der Waals surface area (Å²) in [5.41, 5.74) is 7.43. The van der Waals surface area contributed by atoms with Crippen molar-refractivity contribution in [3.05, 3.63) is 96.6 Å². The normalized spacial score (nSPS) is 13.3. The molecule has 2 aromatic heterocycles. The number of rotatable bonds is 2. The van der Waals surface area contributed by atoms with Crippen LogP contribution in [0.5, 0.6) is 11.5 Å². The average molecular weight is 394 g/mol. The summed E-state index contributed by atoms with van der Waals surface area (Å²) in [7, 11) is 0. The number of ether oxygens (including phenoxy) is 2. The van der Waals surface area contributed by atoms with Crippen molar-refractivity contribution in [3.63, 3.8) is 0 Å². The van der Waals surface area contributed by atoms with Crippen molar-refractivity contribution in [1.82, 2.24) is 9.97 Å². The SMILES string of the molecule is c1cc(-c2ccc3c(c2)CCO3)ccn1.c1cncc(-c2ccc3c(c2)CCO3)c1. The van der Waals surface area contributed by atoms with Crippen LogP contribution in [0.15, 0.2) is 85.5 Å². The average Bonchev–Trinajstić information content (AvgIpc) is 3.49. The molecule has 2 aliphatic heterocycles. The van der Waals surface area contributed by atoms with Gasteiger partial charge in [-0.15, -0.1) is 0 Å². The molecule has 6 rings (SSSR count). The summed E-state index contributed by atoms with van der Waals surface area (Å²) < 4.78 is 11.0. The molecule has 0 N–H and O–H groups in total. The Bertz CT molecular complexity index is 1050. The molecule has 148 valence electrons. The van der Waals surface area contributed by atoms with E-state index in [1.165, 1.54) is 27.8 Å². The minimum atomic E-state index is 0.811. The zero-order valence-electron chi connectivity index (χ0n) is 16.6. The maximum atomic E-state index is 5.48. The van der Waals surface area contributed by atoms with E-state index in [-0.39, 0.29) is 0 Å². The molecule has 0 unspecified atom stereocenters. The Kier molecular flexibility index (Phi) is 5.13. The number of benzene rings is 2. The highest BCUT2D eigenvalue weighted by molar-refractivity contribution is 5.66. The predicted octanol–water partition coefficient (Wildman–Crippen LogP) is 5.37. The summed E-state index contributed by atoms with van der Waals surface area (Å²) in [6.07, 6.45) is 9.35. The van der Waals surface area contributed by atoms with Crippen LogP contribution in [0.4, 0.5) is 0 Å². The molecular formula is C26H22N2O2. The molecule has 30 heavy (non-hydrogen) atoms. The maximum absolute atomic E-state index is 5.48. The zero-order valence-corrected chi connectivity index (χ0v) is 16.6. The number of aromatic nitrogens is 2. The van der Waals surface area contributed by atoms with Gasteiger partial charge >= 0.3 is 0 Å². The summed E-state index contributed by atoms with van der Waals surface area (Å²) in [4.78, 5) is 8.14. The summed E-state index contributed by atoms with van der Waals surface area (Å²) in [6.45, 7) is 1.63. The second-order valence-electron chi connectivity index (χ2n) is 7.32. The molecule has 4 nitrogen and oxygen atoms in total. The largest absolute Gasteiger partial charge is 0.493 e. The Morgan fingerprint density at radius 1 is 0.567 bits per heavy atom. The molecule has 2 aromatic carbocycles. The van der Waals surface area contributed by atoms with E-state index in [0.717, 1.165) is 43.1 Å². The molecule has 4 heteroatoms. The quantitative estimate of drug-likeness (QED) is 0.459. The second kappa shape index (κ2) is 8.37. The van der Waals surface area contributed by atoms with Crippen molar-refractivity contribution >= 4 is 0 Å². The maximum Gasteiger partial charge on any atom is 0.122 e. The third-order valence-electron chi connectivity index (χ3n) is 5.39. The van der Waals surface area contributed by atoms with Gasteiger partial charge in [0.15, 0.2) is 0 Å². The number of hydrogen-bond acceptors (Lipinski definition) is 4. The smallest absolute Gasteiger partial charge is 0.122 e. The van der Waals surface area contributed by atoms with Crippen molar-refractivity contribution in [3.8, 4) is 33.8 Å². The molecule has 0 saturated carbocycles. The fourth-order valence-corrected chi connectivity index (χ4v) is 3.81. The summed E-state index contributed by atoms with van der Waals surface area (Å²) >= 11 is 0. The van der Waals surface area contributed by atoms with Crippen LogP contribution in [-0.2, 0) is 12.8 Å². The van der Waals surface area contributed by atoms with Crippen LogP contribution in [0.25, 0.3) is 22.3 Å². The topological polar surface area (TPSA) is 44.2 Å². The summed E-state index contributed by atoms with van der Waals surface area (Å²) in [5, 5.41) is 0. The lowest BCUT2D eigenvalue weighted by molar-refractivity contribution is 0.356. The van der Waals surface area contributed by atoms with Crippen molar-refractivity contribution in [2.75, 3.05) is 13.2 Å². The Hall–Kier alpha value is -3.66. The molecule has 0 saturated heterocycles. The van der Waals surface area contributed by atoms with E-state index in [2.05, 4.69) is 46.4 Å². The van der Waals surface area contributed by atoms with Crippen molar-refractivity contribution in [2.24, 2.45) is 0 Å². The third-order valence-corrected chi connectivity index (χ3v) is 5.39. The van der Waals surface area contributed by atoms with Crippen LogP contribution >= 0.6 is 0 Å². The van der Waals surface area contributed by atoms with Gasteiger partial charge in [-0.05, 0) is 70.3 Å². The van der Waals surface area contributed by atoms with Crippen molar-refractivity contribution < 1.29 is 9.47 Å². The van der Waals surface area contributed by atoms with Crippen LogP contribution in [0.1, 0.15) is 11.1 Å². The van der Waals surface area contributed by atoms with E-state index in [0.29, 0.717) is 0 Å². The first-order chi connectivity index (χ1) is 14.9. The third kappa shape index (κ3) is 3.90. The minimum absolute atomic E-state index is 0.811. The van der Waals surface area contributed by atoms with Gasteiger partial charge in [-0.2, -0.15) is 0 Å². The fourth-order valence-electron chi connectivity index (χ4n) is 3.81. The number of nitrogens with zero attached hydrogens (tertiary/aromatic N) is 2. The molecule has 0 bridgehead atoms. The Balaban J connectivity index is 0.000000128. The molecule has 0 amide bonds. The van der Waals surface area contributed by atoms with Gasteiger partial charge in [-0.1, -0.05) is 18.2 Å². The number of pyridine rings is 2. The van der Waals surface area contributed by atoms with Crippen LogP contribution in [0.2, 0.25) is 0 Å². The first-order valence-corrected chi connectivity index (χ1v) is 10.2. The molecule has 0 aliphatic carbocycles. The minimum Gasteiger partial charge on any atom is -0.493 e. The molecular weight excluding hydrogens is 372 g/mol. The van der Waals surface area contributed by atoms with E-state index in [9.17, 15) is 0 Å². The van der Waals surface area contributed by atoms with Gasteiger partial charge in [0, 0.05) is 43.2 Å². The first-order valence-electron chi connectivity index (χ1n) is 10.2. The van der Waals surface area contributed by atoms with Gasteiger partial charge in [-0.25, -0.2) is 0 Å². The van der Waals surface area contributed by atoms with Gasteiger partial charge in [-0.3, -0.25) is 9.97 Å². The van der Waals surface area contributed by atoms with E-state index in [1.807, 2.05) is 42.9 Å². The highest BCUT2D eigenvalue weighted by atomic mass is 16.5. The molecule has 4 heterocycles. The van der Waals surface area contributed by atoms with Gasteiger partial charge < -0.3 is 9.47 Å². The van der Waals surface area contributed by atoms with Gasteiger partial charge in [0.1, 0.15) is 11.5 Å². The van der Waals surface area contributed by atoms with E-state index in [4.69, 9.17) is 9.47 Å². The van der Waals surface area contributed by atoms with Crippen LogP contribution in [-0.4, -0.2) is 23.2 Å². The van der Waals surface area contributed by atoms with Crippen molar-refractivity contribution in [2.45, 2.75) is 12.8 Å². The Morgan fingerprint density at radius 2 is 1.20 bits per heavy atom. The molecule has 4 aromatic rings. The molecule has 0 radical (unpaired) electrons. The number of fused-ring (bicyclic) bond motifs is 2. The van der Waals surface area contributed by atoms with Crippen LogP contribution < -0.4 is 9.47 Å². The van der Waals surface area contributed by atoms with Crippen LogP contribution in [0.3, 0.4) is 0 Å². The number of hydrogen-bond donors (Lipinski definition) is 0. The summed E-state index contributed by atoms with van der Waals surface area (Å²) in [5.74, 6) is 2.07. The highest BCUT2D eigenvalue weighted by Crippen LogP contribution is 2.31. The van der Waals surface area contributed by atoms with E-state index >= 15 is 0 Å².